The number of carbonyl (C=O) groups excluding carboxylic acids is 1. The van der Waals surface area contributed by atoms with Crippen LogP contribution in [-0.4, -0.2) is 11.0 Å². The molecule has 4 nitrogen and oxygen atoms in total. The lowest BCUT2D eigenvalue weighted by Crippen LogP contribution is -2.36. The summed E-state index contributed by atoms with van der Waals surface area (Å²) in [5.74, 6) is 0. The molecule has 0 radical (unpaired) electrons. The van der Waals surface area contributed by atoms with Crippen LogP contribution in [0.4, 0.5) is 16.2 Å². The summed E-state index contributed by atoms with van der Waals surface area (Å²) in [5, 5.41) is 3.95. The summed E-state index contributed by atoms with van der Waals surface area (Å²) in [5.41, 5.74) is 2.44. The molecule has 0 saturated carbocycles. The van der Waals surface area contributed by atoms with E-state index in [0.717, 1.165) is 32.2 Å². The second-order valence-corrected chi connectivity index (χ2v) is 5.83. The largest absolute Gasteiger partial charge is 0.331 e. The van der Waals surface area contributed by atoms with Crippen LogP contribution in [0.2, 0.25) is 0 Å². The molecule has 0 aromatic carbocycles. The Morgan fingerprint density at radius 3 is 3.05 bits per heavy atom. The van der Waals surface area contributed by atoms with Gasteiger partial charge in [-0.1, -0.05) is 18.7 Å². The van der Waals surface area contributed by atoms with Gasteiger partial charge >= 0.3 is 6.03 Å². The number of carbonyl (C=O) groups is 1. The van der Waals surface area contributed by atoms with Crippen molar-refractivity contribution in [3.63, 3.8) is 0 Å². The highest BCUT2D eigenvalue weighted by Crippen LogP contribution is 2.43. The number of anilines is 2. The number of nitrogens with zero attached hydrogens (tertiary/aromatic N) is 2. The topological polar surface area (TPSA) is 45.2 Å². The van der Waals surface area contributed by atoms with E-state index in [4.69, 9.17) is 0 Å². The summed E-state index contributed by atoms with van der Waals surface area (Å²) >= 11 is 1.59. The summed E-state index contributed by atoms with van der Waals surface area (Å²) in [7, 11) is 0. The van der Waals surface area contributed by atoms with E-state index in [1.54, 1.807) is 28.5 Å². The molecule has 2 aromatic rings. The molecule has 1 aliphatic heterocycles. The van der Waals surface area contributed by atoms with Crippen molar-refractivity contribution in [2.75, 3.05) is 10.2 Å². The maximum Gasteiger partial charge on any atom is 0.331 e. The number of thiophene rings is 1. The van der Waals surface area contributed by atoms with E-state index in [0.29, 0.717) is 0 Å². The van der Waals surface area contributed by atoms with Crippen LogP contribution < -0.4 is 10.2 Å². The molecule has 5 heteroatoms. The molecule has 3 heterocycles. The third-order valence-corrected chi connectivity index (χ3v) is 4.36. The lowest BCUT2D eigenvalue weighted by Gasteiger charge is -2.28. The summed E-state index contributed by atoms with van der Waals surface area (Å²) in [6, 6.07) is 1.69. The Labute approximate surface area is 127 Å². The standard InChI is InChI=1S/C16H15N3OS/c1-4-6-7-11(5-2)19-12-8-9-17-15-13(12)14(10(3)21-15)18-16(19)20/h4-9H,2H2,1,3H3,(H,18,20)/b6-4-,11-7+. The lowest BCUT2D eigenvalue weighted by molar-refractivity contribution is 0.258. The number of aryl methyl sites for hydroxylation is 1. The van der Waals surface area contributed by atoms with Crippen LogP contribution in [-0.2, 0) is 0 Å². The van der Waals surface area contributed by atoms with E-state index < -0.39 is 0 Å². The van der Waals surface area contributed by atoms with Crippen molar-refractivity contribution in [1.29, 1.82) is 0 Å². The first-order valence-electron chi connectivity index (χ1n) is 6.62. The van der Waals surface area contributed by atoms with Crippen molar-refractivity contribution in [3.05, 3.63) is 53.7 Å². The van der Waals surface area contributed by atoms with Crippen molar-refractivity contribution in [3.8, 4) is 0 Å². The highest BCUT2D eigenvalue weighted by molar-refractivity contribution is 7.19. The van der Waals surface area contributed by atoms with Gasteiger partial charge in [0.25, 0.3) is 0 Å². The number of rotatable bonds is 3. The molecule has 0 aliphatic carbocycles. The molecule has 0 saturated heterocycles. The average Bonchev–Trinajstić information content (AvgIpc) is 2.79. The van der Waals surface area contributed by atoms with Crippen LogP contribution in [0.5, 0.6) is 0 Å². The predicted molar refractivity (Wildman–Crippen MR) is 88.9 cm³/mol. The summed E-state index contributed by atoms with van der Waals surface area (Å²) in [6.07, 6.45) is 9.07. The molecule has 0 bridgehead atoms. The van der Waals surface area contributed by atoms with Gasteiger partial charge in [-0.2, -0.15) is 0 Å². The van der Waals surface area contributed by atoms with Crippen LogP contribution in [0.3, 0.4) is 0 Å². The summed E-state index contributed by atoms with van der Waals surface area (Å²) < 4.78 is 0. The zero-order valence-corrected chi connectivity index (χ0v) is 12.7. The lowest BCUT2D eigenvalue weighted by atomic mass is 10.1. The normalized spacial score (nSPS) is 14.9. The van der Waals surface area contributed by atoms with Crippen LogP contribution in [0.1, 0.15) is 11.8 Å². The smallest absolute Gasteiger partial charge is 0.305 e. The molecule has 106 valence electrons. The Bertz CT molecular complexity index is 801. The molecule has 1 N–H and O–H groups in total. The third-order valence-electron chi connectivity index (χ3n) is 3.35. The van der Waals surface area contributed by atoms with Crippen molar-refractivity contribution >= 4 is 39.0 Å². The molecular formula is C16H15N3OS. The monoisotopic (exact) mass is 297 g/mol. The van der Waals surface area contributed by atoms with Gasteiger partial charge in [-0.25, -0.2) is 9.78 Å². The number of hydrogen-bond donors (Lipinski definition) is 1. The van der Waals surface area contributed by atoms with Crippen molar-refractivity contribution in [1.82, 2.24) is 4.98 Å². The van der Waals surface area contributed by atoms with Crippen molar-refractivity contribution < 1.29 is 4.79 Å². The zero-order chi connectivity index (χ0) is 15.0. The molecule has 0 atom stereocenters. The number of amides is 2. The number of allylic oxidation sites excluding steroid dienone is 4. The van der Waals surface area contributed by atoms with Crippen LogP contribution in [0.25, 0.3) is 10.2 Å². The Morgan fingerprint density at radius 1 is 1.52 bits per heavy atom. The number of urea groups is 1. The summed E-state index contributed by atoms with van der Waals surface area (Å²) in [4.78, 5) is 20.5. The first kappa shape index (κ1) is 13.6. The van der Waals surface area contributed by atoms with Gasteiger partial charge < -0.3 is 5.32 Å². The predicted octanol–water partition coefficient (Wildman–Crippen LogP) is 4.60. The van der Waals surface area contributed by atoms with E-state index in [-0.39, 0.29) is 6.03 Å². The van der Waals surface area contributed by atoms with Gasteiger partial charge in [0.2, 0.25) is 0 Å². The minimum Gasteiger partial charge on any atom is -0.305 e. The second-order valence-electron chi connectivity index (χ2n) is 4.63. The first-order chi connectivity index (χ1) is 10.2. The molecule has 3 rings (SSSR count). The number of aromatic nitrogens is 1. The minimum absolute atomic E-state index is 0.174. The molecular weight excluding hydrogens is 282 g/mol. The van der Waals surface area contributed by atoms with Crippen molar-refractivity contribution in [2.45, 2.75) is 13.8 Å². The maximum atomic E-state index is 12.5. The molecule has 2 aromatic heterocycles. The van der Waals surface area contributed by atoms with Crippen LogP contribution in [0, 0.1) is 6.92 Å². The molecule has 0 spiro atoms. The third kappa shape index (κ3) is 2.06. The number of pyridine rings is 1. The van der Waals surface area contributed by atoms with Crippen LogP contribution in [0.15, 0.2) is 48.8 Å². The molecule has 21 heavy (non-hydrogen) atoms. The fourth-order valence-electron chi connectivity index (χ4n) is 2.41. The first-order valence-corrected chi connectivity index (χ1v) is 7.43. The van der Waals surface area contributed by atoms with E-state index in [1.807, 2.05) is 38.1 Å². The summed E-state index contributed by atoms with van der Waals surface area (Å²) in [6.45, 7) is 7.73. The number of hydrogen-bond acceptors (Lipinski definition) is 3. The van der Waals surface area contributed by atoms with Gasteiger partial charge in [-0.3, -0.25) is 4.90 Å². The molecule has 0 fully saturated rings. The highest BCUT2D eigenvalue weighted by atomic mass is 32.1. The Hall–Kier alpha value is -2.40. The number of nitrogens with one attached hydrogen (secondary N) is 1. The Kier molecular flexibility index (Phi) is 3.35. The van der Waals surface area contributed by atoms with Crippen molar-refractivity contribution in [2.24, 2.45) is 0 Å². The van der Waals surface area contributed by atoms with Gasteiger partial charge in [0.05, 0.1) is 22.5 Å². The fraction of sp³-hybridized carbons (Fsp3) is 0.125. The van der Waals surface area contributed by atoms with Gasteiger partial charge in [-0.15, -0.1) is 11.3 Å². The Morgan fingerprint density at radius 2 is 2.33 bits per heavy atom. The quantitative estimate of drug-likeness (QED) is 0.841. The average molecular weight is 297 g/mol. The fourth-order valence-corrected chi connectivity index (χ4v) is 3.38. The Balaban J connectivity index is 2.26. The van der Waals surface area contributed by atoms with E-state index in [2.05, 4.69) is 16.9 Å². The van der Waals surface area contributed by atoms with Gasteiger partial charge in [0.1, 0.15) is 4.83 Å². The SMILES string of the molecule is C=C/C(=C\C=C/C)N1C(=O)Nc2c(C)sc3nccc1c23. The van der Waals surface area contributed by atoms with E-state index in [1.165, 1.54) is 0 Å². The zero-order valence-electron chi connectivity index (χ0n) is 11.9. The maximum absolute atomic E-state index is 12.5. The van der Waals surface area contributed by atoms with Gasteiger partial charge in [0, 0.05) is 11.1 Å². The minimum atomic E-state index is -0.174. The van der Waals surface area contributed by atoms with Gasteiger partial charge in [-0.05, 0) is 32.1 Å². The van der Waals surface area contributed by atoms with E-state index in [9.17, 15) is 4.79 Å². The highest BCUT2D eigenvalue weighted by Gasteiger charge is 2.29. The van der Waals surface area contributed by atoms with Crippen LogP contribution >= 0.6 is 11.3 Å². The molecule has 1 aliphatic rings. The second kappa shape index (κ2) is 5.18. The van der Waals surface area contributed by atoms with E-state index >= 15 is 0 Å². The molecule has 0 unspecified atom stereocenters. The molecule has 2 amide bonds. The van der Waals surface area contributed by atoms with Gasteiger partial charge in [0.15, 0.2) is 0 Å².